The molecule has 0 spiro atoms. The molecule has 84 valence electrons. The molecule has 0 radical (unpaired) electrons. The van der Waals surface area contributed by atoms with Gasteiger partial charge in [-0.3, -0.25) is 0 Å². The van der Waals surface area contributed by atoms with Gasteiger partial charge in [0.25, 0.3) is 0 Å². The summed E-state index contributed by atoms with van der Waals surface area (Å²) in [5, 5.41) is 0. The number of hydrogen-bond donors (Lipinski definition) is 0. The summed E-state index contributed by atoms with van der Waals surface area (Å²) in [4.78, 5) is 13.2. The maximum absolute atomic E-state index is 11.6. The zero-order chi connectivity index (χ0) is 11.6. The van der Waals surface area contributed by atoms with E-state index in [1.54, 1.807) is 11.9 Å². The summed E-state index contributed by atoms with van der Waals surface area (Å²) in [7, 11) is 0.565. The molecular weight excluding hydrogens is 194 g/mol. The Morgan fingerprint density at radius 3 is 2.00 bits per heavy atom. The molecule has 0 aromatic heterocycles. The van der Waals surface area contributed by atoms with Crippen molar-refractivity contribution in [1.82, 2.24) is 4.90 Å². The Kier molecular flexibility index (Phi) is 4.18. The van der Waals surface area contributed by atoms with Crippen molar-refractivity contribution >= 4 is 14.2 Å². The summed E-state index contributed by atoms with van der Waals surface area (Å²) >= 11 is 0. The van der Waals surface area contributed by atoms with Crippen LogP contribution in [0.5, 0.6) is 0 Å². The van der Waals surface area contributed by atoms with Crippen LogP contribution >= 0.6 is 0 Å². The molecule has 0 unspecified atom stereocenters. The number of rotatable bonds is 2. The Bertz CT molecular complexity index is 203. The van der Waals surface area contributed by atoms with Crippen molar-refractivity contribution in [3.05, 3.63) is 0 Å². The topological polar surface area (TPSA) is 29.5 Å². The van der Waals surface area contributed by atoms with Crippen LogP contribution in [-0.4, -0.2) is 37.9 Å². The molecule has 0 N–H and O–H groups in total. The predicted molar refractivity (Wildman–Crippen MR) is 62.2 cm³/mol. The van der Waals surface area contributed by atoms with E-state index < -0.39 is 13.7 Å². The van der Waals surface area contributed by atoms with Gasteiger partial charge < -0.3 is 9.64 Å². The Morgan fingerprint density at radius 2 is 1.71 bits per heavy atom. The molecule has 0 aliphatic rings. The van der Waals surface area contributed by atoms with E-state index >= 15 is 0 Å². The number of ether oxygens (including phenoxy) is 1. The van der Waals surface area contributed by atoms with E-state index in [1.807, 2.05) is 20.8 Å². The van der Waals surface area contributed by atoms with Crippen molar-refractivity contribution in [3.8, 4) is 0 Å². The largest absolute Gasteiger partial charge is 0.444 e. The number of nitrogens with zero attached hydrogens (tertiary/aromatic N) is 1. The first-order chi connectivity index (χ1) is 6.01. The molecule has 0 aromatic rings. The van der Waals surface area contributed by atoms with Crippen LogP contribution in [0, 0.1) is 0 Å². The standard InChI is InChI=1S/C10H23NO2Si/c1-10(2,3)13-9(12)11(4)8-14(5,6)7/h8H2,1-7H3. The minimum atomic E-state index is -1.23. The summed E-state index contributed by atoms with van der Waals surface area (Å²) in [6.45, 7) is 12.3. The van der Waals surface area contributed by atoms with Gasteiger partial charge in [0.05, 0.1) is 8.07 Å². The molecule has 0 rings (SSSR count). The molecule has 1 amide bonds. The van der Waals surface area contributed by atoms with Crippen molar-refractivity contribution in [1.29, 1.82) is 0 Å². The van der Waals surface area contributed by atoms with Gasteiger partial charge in [-0.15, -0.1) is 0 Å². The first-order valence-electron chi connectivity index (χ1n) is 4.95. The van der Waals surface area contributed by atoms with Crippen molar-refractivity contribution in [2.75, 3.05) is 13.2 Å². The van der Waals surface area contributed by atoms with Gasteiger partial charge in [-0.1, -0.05) is 19.6 Å². The normalized spacial score (nSPS) is 12.5. The van der Waals surface area contributed by atoms with E-state index in [0.717, 1.165) is 6.17 Å². The second kappa shape index (κ2) is 4.34. The van der Waals surface area contributed by atoms with Crippen LogP contribution in [0.25, 0.3) is 0 Å². The maximum Gasteiger partial charge on any atom is 0.409 e. The van der Waals surface area contributed by atoms with Crippen molar-refractivity contribution < 1.29 is 9.53 Å². The molecule has 0 saturated heterocycles. The van der Waals surface area contributed by atoms with Gasteiger partial charge in [-0.2, -0.15) is 0 Å². The number of amides is 1. The van der Waals surface area contributed by atoms with Gasteiger partial charge in [0.1, 0.15) is 5.60 Å². The molecule has 14 heavy (non-hydrogen) atoms. The van der Waals surface area contributed by atoms with Crippen LogP contribution in [0.2, 0.25) is 19.6 Å². The molecule has 0 atom stereocenters. The zero-order valence-corrected chi connectivity index (χ0v) is 11.5. The first-order valence-corrected chi connectivity index (χ1v) is 8.66. The average molecular weight is 217 g/mol. The Labute approximate surface area is 88.4 Å². The Morgan fingerprint density at radius 1 is 1.29 bits per heavy atom. The molecule has 0 aliphatic carbocycles. The minimum absolute atomic E-state index is 0.222. The van der Waals surface area contributed by atoms with Crippen LogP contribution in [0.4, 0.5) is 4.79 Å². The van der Waals surface area contributed by atoms with E-state index in [2.05, 4.69) is 19.6 Å². The second-order valence-corrected chi connectivity index (χ2v) is 11.3. The van der Waals surface area contributed by atoms with Gasteiger partial charge in [0, 0.05) is 13.2 Å². The molecule has 0 aromatic carbocycles. The molecule has 0 aliphatic heterocycles. The highest BCUT2D eigenvalue weighted by atomic mass is 28.3. The van der Waals surface area contributed by atoms with Gasteiger partial charge in [0.2, 0.25) is 0 Å². The summed E-state index contributed by atoms with van der Waals surface area (Å²) in [5.74, 6) is 0. The summed E-state index contributed by atoms with van der Waals surface area (Å²) < 4.78 is 5.25. The summed E-state index contributed by atoms with van der Waals surface area (Å²) in [6, 6.07) is 0. The zero-order valence-electron chi connectivity index (χ0n) is 10.5. The lowest BCUT2D eigenvalue weighted by molar-refractivity contribution is 0.0324. The second-order valence-electron chi connectivity index (χ2n) is 5.90. The monoisotopic (exact) mass is 217 g/mol. The highest BCUT2D eigenvalue weighted by molar-refractivity contribution is 6.76. The quantitative estimate of drug-likeness (QED) is 0.666. The third-order valence-corrected chi connectivity index (χ3v) is 2.84. The van der Waals surface area contributed by atoms with Crippen LogP contribution in [0.15, 0.2) is 0 Å². The third kappa shape index (κ3) is 6.94. The Balaban J connectivity index is 4.15. The smallest absolute Gasteiger partial charge is 0.409 e. The summed E-state index contributed by atoms with van der Waals surface area (Å²) in [5.41, 5.74) is -0.398. The van der Waals surface area contributed by atoms with Gasteiger partial charge in [0.15, 0.2) is 0 Å². The number of hydrogen-bond acceptors (Lipinski definition) is 2. The Hall–Kier alpha value is -0.513. The minimum Gasteiger partial charge on any atom is -0.444 e. The molecule has 4 heteroatoms. The molecule has 0 saturated carbocycles. The molecule has 3 nitrogen and oxygen atoms in total. The average Bonchev–Trinajstić information content (AvgIpc) is 1.78. The molecule has 0 heterocycles. The van der Waals surface area contributed by atoms with Gasteiger partial charge in [-0.25, -0.2) is 4.79 Å². The predicted octanol–water partition coefficient (Wildman–Crippen LogP) is 2.73. The lowest BCUT2D eigenvalue weighted by Crippen LogP contribution is -2.43. The van der Waals surface area contributed by atoms with Crippen molar-refractivity contribution in [3.63, 3.8) is 0 Å². The van der Waals surface area contributed by atoms with E-state index in [1.165, 1.54) is 0 Å². The van der Waals surface area contributed by atoms with E-state index in [4.69, 9.17) is 4.74 Å². The van der Waals surface area contributed by atoms with Gasteiger partial charge in [-0.05, 0) is 20.8 Å². The lowest BCUT2D eigenvalue weighted by atomic mass is 10.2. The lowest BCUT2D eigenvalue weighted by Gasteiger charge is -2.28. The van der Waals surface area contributed by atoms with Crippen LogP contribution in [0.1, 0.15) is 20.8 Å². The van der Waals surface area contributed by atoms with Crippen molar-refractivity contribution in [2.45, 2.75) is 46.0 Å². The first kappa shape index (κ1) is 13.5. The highest BCUT2D eigenvalue weighted by Crippen LogP contribution is 2.10. The SMILES string of the molecule is CN(C[Si](C)(C)C)C(=O)OC(C)(C)C. The maximum atomic E-state index is 11.6. The highest BCUT2D eigenvalue weighted by Gasteiger charge is 2.23. The van der Waals surface area contributed by atoms with E-state index in [-0.39, 0.29) is 6.09 Å². The third-order valence-electron chi connectivity index (χ3n) is 1.42. The van der Waals surface area contributed by atoms with Crippen molar-refractivity contribution in [2.24, 2.45) is 0 Å². The summed E-state index contributed by atoms with van der Waals surface area (Å²) in [6.07, 6.45) is 0.613. The van der Waals surface area contributed by atoms with E-state index in [9.17, 15) is 4.79 Å². The molecular formula is C10H23NO2Si. The number of carbonyl (C=O) groups is 1. The van der Waals surface area contributed by atoms with Gasteiger partial charge >= 0.3 is 6.09 Å². The van der Waals surface area contributed by atoms with Crippen LogP contribution in [-0.2, 0) is 4.74 Å². The fraction of sp³-hybridized carbons (Fsp3) is 0.900. The fourth-order valence-electron chi connectivity index (χ4n) is 1.12. The van der Waals surface area contributed by atoms with Crippen LogP contribution in [0.3, 0.4) is 0 Å². The number of carbonyl (C=O) groups excluding carboxylic acids is 1. The van der Waals surface area contributed by atoms with Crippen LogP contribution < -0.4 is 0 Å². The molecule has 0 fully saturated rings. The molecule has 0 bridgehead atoms. The fourth-order valence-corrected chi connectivity index (χ4v) is 2.67. The van der Waals surface area contributed by atoms with E-state index in [0.29, 0.717) is 0 Å².